The monoisotopic (exact) mass is 477 g/mol. The number of ether oxygens (including phenoxy) is 1. The van der Waals surface area contributed by atoms with Gasteiger partial charge in [-0.25, -0.2) is 0 Å². The fourth-order valence-corrected chi connectivity index (χ4v) is 4.84. The van der Waals surface area contributed by atoms with Gasteiger partial charge in [-0.05, 0) is 82.3 Å². The van der Waals surface area contributed by atoms with Gasteiger partial charge in [0.2, 0.25) is 5.91 Å². The summed E-state index contributed by atoms with van der Waals surface area (Å²) in [5.74, 6) is 1.49. The third kappa shape index (κ3) is 6.05. The lowest BCUT2D eigenvalue weighted by molar-refractivity contribution is -0.120. The van der Waals surface area contributed by atoms with E-state index in [1.807, 2.05) is 54.8 Å². The molecule has 1 atom stereocenters. The van der Waals surface area contributed by atoms with E-state index >= 15 is 0 Å². The molecule has 1 aliphatic carbocycles. The van der Waals surface area contributed by atoms with Crippen LogP contribution in [-0.4, -0.2) is 44.1 Å². The van der Waals surface area contributed by atoms with Crippen LogP contribution >= 0.6 is 11.8 Å². The van der Waals surface area contributed by atoms with Crippen molar-refractivity contribution in [2.24, 2.45) is 0 Å². The van der Waals surface area contributed by atoms with E-state index in [4.69, 9.17) is 4.74 Å². The number of carbonyl (C=O) groups is 1. The Morgan fingerprint density at radius 2 is 2.06 bits per heavy atom. The van der Waals surface area contributed by atoms with E-state index in [-0.39, 0.29) is 11.2 Å². The molecule has 1 aliphatic rings. The van der Waals surface area contributed by atoms with Gasteiger partial charge in [-0.2, -0.15) is 0 Å². The summed E-state index contributed by atoms with van der Waals surface area (Å²) in [6, 6.07) is 11.6. The van der Waals surface area contributed by atoms with E-state index < -0.39 is 0 Å². The zero-order chi connectivity index (χ0) is 23.8. The second-order valence-electron chi connectivity index (χ2n) is 8.22. The van der Waals surface area contributed by atoms with Crippen LogP contribution in [0.4, 0.5) is 0 Å². The van der Waals surface area contributed by atoms with Gasteiger partial charge in [-0.1, -0.05) is 23.4 Å². The van der Waals surface area contributed by atoms with E-state index in [9.17, 15) is 4.79 Å². The standard InChI is InChI=1S/C26H31N5O2S/c1-3-33-23-13-11-22(12-14-23)31-24(21-10-7-16-27-18-21)29-30-26(31)34-19(2)25(32)28-17-15-20-8-5-4-6-9-20/h7-8,10-14,16,18-19H,3-6,9,15,17H2,1-2H3,(H,28,32)/t19-/m1/s1. The minimum Gasteiger partial charge on any atom is -0.494 e. The fourth-order valence-electron chi connectivity index (χ4n) is 3.95. The first kappa shape index (κ1) is 24.0. The molecule has 2 heterocycles. The number of hydrogen-bond donors (Lipinski definition) is 1. The molecule has 0 aliphatic heterocycles. The van der Waals surface area contributed by atoms with Gasteiger partial charge in [0.15, 0.2) is 11.0 Å². The van der Waals surface area contributed by atoms with Crippen molar-refractivity contribution >= 4 is 17.7 Å². The van der Waals surface area contributed by atoms with Crippen LogP contribution in [0.15, 0.2) is 65.6 Å². The highest BCUT2D eigenvalue weighted by Crippen LogP contribution is 2.30. The number of aromatic nitrogens is 4. The number of nitrogens with one attached hydrogen (secondary N) is 1. The van der Waals surface area contributed by atoms with E-state index in [1.54, 1.807) is 12.4 Å². The predicted molar refractivity (Wildman–Crippen MR) is 135 cm³/mol. The number of rotatable bonds is 10. The van der Waals surface area contributed by atoms with Crippen LogP contribution in [-0.2, 0) is 4.79 Å². The molecule has 0 radical (unpaired) electrons. The Labute approximate surface area is 205 Å². The Bertz CT molecular complexity index is 1110. The molecule has 2 aromatic heterocycles. The second kappa shape index (κ2) is 11.8. The summed E-state index contributed by atoms with van der Waals surface area (Å²) in [7, 11) is 0. The van der Waals surface area contributed by atoms with Gasteiger partial charge >= 0.3 is 0 Å². The Hall–Kier alpha value is -3.13. The molecule has 4 rings (SSSR count). The summed E-state index contributed by atoms with van der Waals surface area (Å²) in [4.78, 5) is 17.0. The largest absolute Gasteiger partial charge is 0.494 e. The van der Waals surface area contributed by atoms with Crippen molar-refractivity contribution in [3.8, 4) is 22.8 Å². The molecule has 0 spiro atoms. The molecule has 0 saturated carbocycles. The van der Waals surface area contributed by atoms with Gasteiger partial charge < -0.3 is 10.1 Å². The maximum Gasteiger partial charge on any atom is 0.233 e. The summed E-state index contributed by atoms with van der Waals surface area (Å²) < 4.78 is 7.55. The first-order chi connectivity index (χ1) is 16.7. The molecule has 0 saturated heterocycles. The highest BCUT2D eigenvalue weighted by atomic mass is 32.2. The summed E-state index contributed by atoms with van der Waals surface area (Å²) >= 11 is 1.40. The van der Waals surface area contributed by atoms with Crippen molar-refractivity contribution in [1.82, 2.24) is 25.1 Å². The number of benzene rings is 1. The smallest absolute Gasteiger partial charge is 0.233 e. The number of allylic oxidation sites excluding steroid dienone is 1. The lowest BCUT2D eigenvalue weighted by Crippen LogP contribution is -2.32. The van der Waals surface area contributed by atoms with E-state index in [0.717, 1.165) is 36.3 Å². The van der Waals surface area contributed by atoms with Crippen molar-refractivity contribution < 1.29 is 9.53 Å². The minimum absolute atomic E-state index is 0.00517. The highest BCUT2D eigenvalue weighted by Gasteiger charge is 2.22. The predicted octanol–water partition coefficient (Wildman–Crippen LogP) is 5.22. The molecule has 3 aromatic rings. The lowest BCUT2D eigenvalue weighted by atomic mass is 9.97. The SMILES string of the molecule is CCOc1ccc(-n2c(S[C@H](C)C(=O)NCCC3=CCCCC3)nnc2-c2cccnc2)cc1. The quantitative estimate of drug-likeness (QED) is 0.319. The first-order valence-electron chi connectivity index (χ1n) is 11.9. The average Bonchev–Trinajstić information content (AvgIpc) is 3.29. The number of carbonyl (C=O) groups excluding carboxylic acids is 1. The molecule has 1 N–H and O–H groups in total. The molecule has 0 bridgehead atoms. The molecule has 8 heteroatoms. The molecule has 1 aromatic carbocycles. The zero-order valence-corrected chi connectivity index (χ0v) is 20.6. The summed E-state index contributed by atoms with van der Waals surface area (Å²) in [5, 5.41) is 12.3. The van der Waals surface area contributed by atoms with Crippen molar-refractivity contribution in [3.05, 3.63) is 60.4 Å². The van der Waals surface area contributed by atoms with Crippen molar-refractivity contribution in [1.29, 1.82) is 0 Å². The number of thioether (sulfide) groups is 1. The Morgan fingerprint density at radius 3 is 2.76 bits per heavy atom. The molecule has 34 heavy (non-hydrogen) atoms. The normalized spacial score (nSPS) is 14.4. The molecular weight excluding hydrogens is 446 g/mol. The first-order valence-corrected chi connectivity index (χ1v) is 12.7. The maximum atomic E-state index is 12.8. The average molecular weight is 478 g/mol. The second-order valence-corrected chi connectivity index (χ2v) is 9.53. The minimum atomic E-state index is -0.312. The summed E-state index contributed by atoms with van der Waals surface area (Å²) in [6.45, 7) is 5.14. The van der Waals surface area contributed by atoms with Crippen LogP contribution < -0.4 is 10.1 Å². The molecule has 0 fully saturated rings. The van der Waals surface area contributed by atoms with Gasteiger partial charge in [-0.3, -0.25) is 14.3 Å². The number of pyridine rings is 1. The van der Waals surface area contributed by atoms with Crippen LogP contribution in [0.25, 0.3) is 17.1 Å². The van der Waals surface area contributed by atoms with Crippen LogP contribution in [0, 0.1) is 0 Å². The van der Waals surface area contributed by atoms with Crippen LogP contribution in [0.1, 0.15) is 46.0 Å². The fraction of sp³-hybridized carbons (Fsp3) is 0.385. The number of hydrogen-bond acceptors (Lipinski definition) is 6. The van der Waals surface area contributed by atoms with Gasteiger partial charge in [0.05, 0.1) is 11.9 Å². The van der Waals surface area contributed by atoms with E-state index in [0.29, 0.717) is 24.1 Å². The van der Waals surface area contributed by atoms with Crippen molar-refractivity contribution in [2.45, 2.75) is 56.4 Å². The van der Waals surface area contributed by atoms with Gasteiger partial charge in [-0.15, -0.1) is 10.2 Å². The van der Waals surface area contributed by atoms with Gasteiger partial charge in [0.25, 0.3) is 0 Å². The Balaban J connectivity index is 1.51. The van der Waals surface area contributed by atoms with E-state index in [1.165, 1.54) is 30.2 Å². The van der Waals surface area contributed by atoms with Gasteiger partial charge in [0, 0.05) is 30.2 Å². The molecule has 0 unspecified atom stereocenters. The number of nitrogens with zero attached hydrogens (tertiary/aromatic N) is 4. The zero-order valence-electron chi connectivity index (χ0n) is 19.7. The van der Waals surface area contributed by atoms with E-state index in [2.05, 4.69) is 26.6 Å². The third-order valence-electron chi connectivity index (χ3n) is 5.74. The molecule has 1 amide bonds. The van der Waals surface area contributed by atoms with Crippen LogP contribution in [0.2, 0.25) is 0 Å². The van der Waals surface area contributed by atoms with Gasteiger partial charge in [0.1, 0.15) is 5.75 Å². The summed E-state index contributed by atoms with van der Waals surface area (Å²) in [5.41, 5.74) is 3.21. The maximum absolute atomic E-state index is 12.8. The Kier molecular flexibility index (Phi) is 8.36. The summed E-state index contributed by atoms with van der Waals surface area (Å²) in [6.07, 6.45) is 11.6. The molecule has 178 valence electrons. The topological polar surface area (TPSA) is 81.9 Å². The van der Waals surface area contributed by atoms with Crippen molar-refractivity contribution in [3.63, 3.8) is 0 Å². The molecular formula is C26H31N5O2S. The molecule has 7 nitrogen and oxygen atoms in total. The Morgan fingerprint density at radius 1 is 1.21 bits per heavy atom. The lowest BCUT2D eigenvalue weighted by Gasteiger charge is -2.16. The third-order valence-corrected chi connectivity index (χ3v) is 6.78. The number of amides is 1. The highest BCUT2D eigenvalue weighted by molar-refractivity contribution is 8.00. The van der Waals surface area contributed by atoms with Crippen molar-refractivity contribution in [2.75, 3.05) is 13.2 Å². The van der Waals surface area contributed by atoms with Crippen LogP contribution in [0.5, 0.6) is 5.75 Å². The van der Waals surface area contributed by atoms with Crippen LogP contribution in [0.3, 0.4) is 0 Å².